The minimum atomic E-state index is -0.569. The first-order valence-corrected chi connectivity index (χ1v) is 5.91. The van der Waals surface area contributed by atoms with Crippen LogP contribution >= 0.6 is 31.9 Å². The predicted molar refractivity (Wildman–Crippen MR) is 63.9 cm³/mol. The molecule has 2 nitrogen and oxygen atoms in total. The summed E-state index contributed by atoms with van der Waals surface area (Å²) in [5.41, 5.74) is 0.313. The smallest absolute Gasteiger partial charge is 0.200 e. The molecule has 0 N–H and O–H groups in total. The Morgan fingerprint density at radius 3 is 2.56 bits per heavy atom. The van der Waals surface area contributed by atoms with Gasteiger partial charge in [-0.1, -0.05) is 6.07 Å². The highest BCUT2D eigenvalue weighted by Crippen LogP contribution is 2.25. The molecule has 2 aromatic rings. The maximum atomic E-state index is 13.7. The van der Waals surface area contributed by atoms with Crippen LogP contribution < -0.4 is 0 Å². The molecule has 0 atom stereocenters. The van der Waals surface area contributed by atoms with Crippen molar-refractivity contribution in [2.75, 3.05) is 0 Å². The van der Waals surface area contributed by atoms with E-state index in [2.05, 4.69) is 31.9 Å². The molecule has 0 fully saturated rings. The molecule has 0 bridgehead atoms. The monoisotopic (exact) mass is 346 g/mol. The lowest BCUT2D eigenvalue weighted by atomic mass is 10.1. The minimum Gasteiger partial charge on any atom is -0.457 e. The van der Waals surface area contributed by atoms with Gasteiger partial charge in [-0.25, -0.2) is 4.39 Å². The van der Waals surface area contributed by atoms with Crippen molar-refractivity contribution in [2.45, 2.75) is 0 Å². The first kappa shape index (κ1) is 11.5. The van der Waals surface area contributed by atoms with Crippen LogP contribution in [0.5, 0.6) is 0 Å². The molecule has 0 spiro atoms. The third-order valence-electron chi connectivity index (χ3n) is 2.06. The molecule has 2 rings (SSSR count). The Morgan fingerprint density at radius 2 is 1.94 bits per heavy atom. The Balaban J connectivity index is 2.50. The molecule has 0 amide bonds. The summed E-state index contributed by atoms with van der Waals surface area (Å²) >= 11 is 6.12. The first-order valence-electron chi connectivity index (χ1n) is 4.33. The van der Waals surface area contributed by atoms with Gasteiger partial charge in [-0.3, -0.25) is 4.79 Å². The average Bonchev–Trinajstić information content (AvgIpc) is 2.68. The maximum Gasteiger partial charge on any atom is 0.200 e. The molecule has 0 radical (unpaired) electrons. The zero-order valence-corrected chi connectivity index (χ0v) is 11.0. The highest BCUT2D eigenvalue weighted by Gasteiger charge is 2.19. The number of carbonyl (C=O) groups excluding carboxylic acids is 1. The zero-order chi connectivity index (χ0) is 11.7. The van der Waals surface area contributed by atoms with E-state index < -0.39 is 11.6 Å². The van der Waals surface area contributed by atoms with Crippen molar-refractivity contribution in [3.05, 3.63) is 56.6 Å². The van der Waals surface area contributed by atoms with Gasteiger partial charge in [0.05, 0.1) is 21.9 Å². The van der Waals surface area contributed by atoms with E-state index in [0.29, 0.717) is 10.2 Å². The van der Waals surface area contributed by atoms with E-state index >= 15 is 0 Å². The molecule has 0 aliphatic heterocycles. The van der Waals surface area contributed by atoms with E-state index in [0.717, 1.165) is 0 Å². The second-order valence-electron chi connectivity index (χ2n) is 3.04. The van der Waals surface area contributed by atoms with Gasteiger partial charge in [-0.15, -0.1) is 0 Å². The number of benzene rings is 1. The van der Waals surface area contributed by atoms with Gasteiger partial charge in [-0.2, -0.15) is 0 Å². The van der Waals surface area contributed by atoms with Crippen molar-refractivity contribution in [2.24, 2.45) is 0 Å². The number of ketones is 1. The summed E-state index contributed by atoms with van der Waals surface area (Å²) in [6.07, 6.45) is 1.37. The Kier molecular flexibility index (Phi) is 3.25. The molecule has 1 heterocycles. The second-order valence-corrected chi connectivity index (χ2v) is 4.61. The van der Waals surface area contributed by atoms with Gasteiger partial charge in [0.15, 0.2) is 10.5 Å². The number of hydrogen-bond acceptors (Lipinski definition) is 2. The maximum absolute atomic E-state index is 13.7. The van der Waals surface area contributed by atoms with Crippen molar-refractivity contribution in [1.82, 2.24) is 0 Å². The van der Waals surface area contributed by atoms with Crippen LogP contribution in [0.25, 0.3) is 0 Å². The quantitative estimate of drug-likeness (QED) is 0.763. The van der Waals surface area contributed by atoms with Crippen LogP contribution in [0.15, 0.2) is 44.1 Å². The Hall–Kier alpha value is -0.940. The highest BCUT2D eigenvalue weighted by atomic mass is 79.9. The second kappa shape index (κ2) is 4.51. The van der Waals surface area contributed by atoms with Crippen molar-refractivity contribution >= 4 is 37.6 Å². The van der Waals surface area contributed by atoms with E-state index in [1.54, 1.807) is 6.07 Å². The van der Waals surface area contributed by atoms with Gasteiger partial charge in [0.25, 0.3) is 0 Å². The standard InChI is InChI=1S/C11H5Br2FO2/c12-8-3-1-2-6(9(8)14)10(15)7-4-5-16-11(7)13/h1-5H. The molecular weight excluding hydrogens is 343 g/mol. The normalized spacial score (nSPS) is 10.4. The van der Waals surface area contributed by atoms with E-state index in [9.17, 15) is 9.18 Å². The van der Waals surface area contributed by atoms with Gasteiger partial charge in [0.2, 0.25) is 0 Å². The third-order valence-corrected chi connectivity index (χ3v) is 3.29. The molecular formula is C11H5Br2FO2. The van der Waals surface area contributed by atoms with Crippen LogP contribution in [0.1, 0.15) is 15.9 Å². The van der Waals surface area contributed by atoms with E-state index in [-0.39, 0.29) is 10.0 Å². The van der Waals surface area contributed by atoms with Crippen molar-refractivity contribution in [3.8, 4) is 0 Å². The number of rotatable bonds is 2. The molecule has 1 aromatic heterocycles. The van der Waals surface area contributed by atoms with Gasteiger partial charge in [-0.05, 0) is 50.1 Å². The summed E-state index contributed by atoms with van der Waals surface area (Å²) in [6.45, 7) is 0. The number of halogens is 3. The van der Waals surface area contributed by atoms with Gasteiger partial charge in [0.1, 0.15) is 5.82 Å². The van der Waals surface area contributed by atoms with Crippen LogP contribution in [0.4, 0.5) is 4.39 Å². The summed E-state index contributed by atoms with van der Waals surface area (Å²) in [7, 11) is 0. The molecule has 5 heteroatoms. The lowest BCUT2D eigenvalue weighted by molar-refractivity contribution is 0.103. The lowest BCUT2D eigenvalue weighted by Crippen LogP contribution is -2.04. The van der Waals surface area contributed by atoms with Crippen LogP contribution in [0.3, 0.4) is 0 Å². The third kappa shape index (κ3) is 1.97. The summed E-state index contributed by atoms with van der Waals surface area (Å²) in [6, 6.07) is 6.07. The average molecular weight is 348 g/mol. The van der Waals surface area contributed by atoms with Crippen molar-refractivity contribution < 1.29 is 13.6 Å². The van der Waals surface area contributed by atoms with Crippen LogP contribution in [0.2, 0.25) is 0 Å². The Bertz CT molecular complexity index is 549. The van der Waals surface area contributed by atoms with Gasteiger partial charge >= 0.3 is 0 Å². The number of carbonyl (C=O) groups is 1. The van der Waals surface area contributed by atoms with Crippen molar-refractivity contribution in [3.63, 3.8) is 0 Å². The van der Waals surface area contributed by atoms with Crippen LogP contribution in [-0.2, 0) is 0 Å². The van der Waals surface area contributed by atoms with Crippen LogP contribution in [-0.4, -0.2) is 5.78 Å². The SMILES string of the molecule is O=C(c1ccoc1Br)c1cccc(Br)c1F. The summed E-state index contributed by atoms with van der Waals surface area (Å²) in [5.74, 6) is -0.986. The lowest BCUT2D eigenvalue weighted by Gasteiger charge is -2.02. The molecule has 16 heavy (non-hydrogen) atoms. The summed E-state index contributed by atoms with van der Waals surface area (Å²) < 4.78 is 19.2. The van der Waals surface area contributed by atoms with E-state index in [1.165, 1.54) is 24.5 Å². The fraction of sp³-hybridized carbons (Fsp3) is 0. The molecule has 0 unspecified atom stereocenters. The summed E-state index contributed by atoms with van der Waals surface area (Å²) in [4.78, 5) is 12.0. The first-order chi connectivity index (χ1) is 7.61. The molecule has 0 aliphatic carbocycles. The molecule has 0 saturated carbocycles. The Morgan fingerprint density at radius 1 is 1.19 bits per heavy atom. The molecule has 0 saturated heterocycles. The molecule has 1 aromatic carbocycles. The fourth-order valence-electron chi connectivity index (χ4n) is 1.28. The molecule has 82 valence electrons. The largest absolute Gasteiger partial charge is 0.457 e. The van der Waals surface area contributed by atoms with Crippen molar-refractivity contribution in [1.29, 1.82) is 0 Å². The zero-order valence-electron chi connectivity index (χ0n) is 7.84. The highest BCUT2D eigenvalue weighted by molar-refractivity contribution is 9.10. The predicted octanol–water partition coefficient (Wildman–Crippen LogP) is 4.17. The van der Waals surface area contributed by atoms with Gasteiger partial charge in [0, 0.05) is 0 Å². The fourth-order valence-corrected chi connectivity index (χ4v) is 2.07. The Labute approximate surface area is 108 Å². The number of furan rings is 1. The minimum absolute atomic E-state index is 0.0106. The molecule has 0 aliphatic rings. The van der Waals surface area contributed by atoms with E-state index in [1.807, 2.05) is 0 Å². The number of hydrogen-bond donors (Lipinski definition) is 0. The summed E-state index contributed by atoms with van der Waals surface area (Å²) in [5, 5.41) is 0. The van der Waals surface area contributed by atoms with Gasteiger partial charge < -0.3 is 4.42 Å². The van der Waals surface area contributed by atoms with Crippen LogP contribution in [0, 0.1) is 5.82 Å². The topological polar surface area (TPSA) is 30.2 Å². The van der Waals surface area contributed by atoms with E-state index in [4.69, 9.17) is 4.42 Å².